The Labute approximate surface area is 155 Å². The van der Waals surface area contributed by atoms with Crippen molar-refractivity contribution >= 4 is 23.5 Å². The summed E-state index contributed by atoms with van der Waals surface area (Å²) in [6.45, 7) is 4.28. The van der Waals surface area contributed by atoms with E-state index in [0.29, 0.717) is 6.54 Å². The van der Waals surface area contributed by atoms with Gasteiger partial charge in [-0.05, 0) is 32.8 Å². The predicted octanol–water partition coefficient (Wildman–Crippen LogP) is 4.22. The van der Waals surface area contributed by atoms with Gasteiger partial charge in [-0.3, -0.25) is 9.69 Å². The maximum Gasteiger partial charge on any atom is 0.411 e. The number of nitrogens with zero attached hydrogens (tertiary/aromatic N) is 2. The Kier molecular flexibility index (Phi) is 6.05. The van der Waals surface area contributed by atoms with Gasteiger partial charge in [-0.15, -0.1) is 0 Å². The zero-order valence-electron chi connectivity index (χ0n) is 15.0. The van der Waals surface area contributed by atoms with E-state index in [9.17, 15) is 18.4 Å². The summed E-state index contributed by atoms with van der Waals surface area (Å²) in [5.41, 5.74) is -0.487. The van der Waals surface area contributed by atoms with E-state index in [0.717, 1.165) is 0 Å². The molecule has 1 unspecified atom stereocenters. The zero-order valence-corrected chi connectivity index (χ0v) is 15.7. The zero-order chi connectivity index (χ0) is 19.6. The number of rotatable bonds is 3. The van der Waals surface area contributed by atoms with Crippen molar-refractivity contribution in [2.45, 2.75) is 52.4 Å². The number of pyridine rings is 1. The maximum atomic E-state index is 12.6. The van der Waals surface area contributed by atoms with E-state index < -0.39 is 24.3 Å². The highest BCUT2D eigenvalue weighted by atomic mass is 35.5. The summed E-state index contributed by atoms with van der Waals surface area (Å²) < 4.78 is 34.2. The second-order valence-corrected chi connectivity index (χ2v) is 7.58. The highest BCUT2D eigenvalue weighted by Gasteiger charge is 2.40. The Morgan fingerprint density at radius 2 is 2.04 bits per heavy atom. The minimum atomic E-state index is -3.04. The smallest absolute Gasteiger partial charge is 0.411 e. The van der Waals surface area contributed by atoms with Gasteiger partial charge in [0, 0.05) is 24.6 Å². The second kappa shape index (κ2) is 7.73. The monoisotopic (exact) mass is 390 g/mol. The van der Waals surface area contributed by atoms with Gasteiger partial charge in [0.05, 0.1) is 0 Å². The van der Waals surface area contributed by atoms with Crippen molar-refractivity contribution in [3.63, 3.8) is 0 Å². The largest absolute Gasteiger partial charge is 0.444 e. The fourth-order valence-electron chi connectivity index (χ4n) is 2.77. The Morgan fingerprint density at radius 3 is 2.58 bits per heavy atom. The number of aromatic nitrogens is 1. The predicted molar refractivity (Wildman–Crippen MR) is 90.3 cm³/mol. The molecule has 6 nitrogen and oxygen atoms in total. The van der Waals surface area contributed by atoms with Crippen molar-refractivity contribution in [3.05, 3.63) is 22.8 Å². The van der Waals surface area contributed by atoms with E-state index in [4.69, 9.17) is 16.3 Å². The molecule has 0 aromatic carbocycles. The van der Waals surface area contributed by atoms with Crippen LogP contribution >= 0.6 is 11.6 Å². The van der Waals surface area contributed by atoms with Crippen molar-refractivity contribution < 1.29 is 27.8 Å². The lowest BCUT2D eigenvalue weighted by Gasteiger charge is -2.38. The van der Waals surface area contributed by atoms with Gasteiger partial charge in [0.25, 0.3) is 0 Å². The van der Waals surface area contributed by atoms with Crippen LogP contribution in [0.1, 0.15) is 45.7 Å². The van der Waals surface area contributed by atoms with Crippen LogP contribution in [0.15, 0.2) is 12.1 Å². The van der Waals surface area contributed by atoms with E-state index in [1.54, 1.807) is 20.8 Å². The number of carbonyl (C=O) groups excluding carboxylic acids is 2. The number of alkyl halides is 2. The van der Waals surface area contributed by atoms with E-state index in [-0.39, 0.29) is 34.7 Å². The molecule has 0 aliphatic carbocycles. The third kappa shape index (κ3) is 5.03. The molecule has 1 saturated heterocycles. The average molecular weight is 391 g/mol. The van der Waals surface area contributed by atoms with Crippen molar-refractivity contribution in [2.75, 3.05) is 6.54 Å². The van der Waals surface area contributed by atoms with E-state index in [1.807, 2.05) is 6.92 Å². The number of Topliss-reactive ketones (excluding diaryl/α,β-unsaturated/α-hetero) is 1. The molecule has 0 saturated carbocycles. The van der Waals surface area contributed by atoms with Crippen LogP contribution in [0.3, 0.4) is 0 Å². The van der Waals surface area contributed by atoms with Crippen LogP contribution < -0.4 is 4.74 Å². The van der Waals surface area contributed by atoms with Crippen LogP contribution in [0, 0.1) is 5.92 Å². The molecule has 2 atom stereocenters. The fraction of sp³-hybridized carbons (Fsp3) is 0.588. The van der Waals surface area contributed by atoms with Crippen molar-refractivity contribution in [1.29, 1.82) is 0 Å². The normalized spacial score (nSPS) is 21.1. The number of amides is 1. The van der Waals surface area contributed by atoms with E-state index >= 15 is 0 Å². The number of halogens is 3. The third-order valence-corrected chi connectivity index (χ3v) is 3.96. The number of hydrogen-bond donors (Lipinski definition) is 0. The van der Waals surface area contributed by atoms with Gasteiger partial charge in [0.15, 0.2) is 5.78 Å². The molecule has 144 valence electrons. The van der Waals surface area contributed by atoms with E-state index in [2.05, 4.69) is 9.72 Å². The minimum Gasteiger partial charge on any atom is -0.444 e. The molecular formula is C17H21ClF2N2O4. The molecule has 2 rings (SSSR count). The standard InChI is InChI=1S/C17H21ClF2N2O4/c1-9-7-11(23)13(22(8-9)16(24)26-17(2,3)4)10-5-6-12(21-14(10)18)25-15(19)20/h5-6,9,13,15H,7-8H2,1-4H3/t9?,13-/m0/s1. The number of piperidine rings is 1. The van der Waals surface area contributed by atoms with Crippen LogP contribution in [0.2, 0.25) is 5.15 Å². The Bertz CT molecular complexity index is 694. The molecule has 1 aliphatic rings. The van der Waals surface area contributed by atoms with Gasteiger partial charge in [-0.2, -0.15) is 8.78 Å². The molecule has 1 amide bonds. The van der Waals surface area contributed by atoms with Crippen LogP contribution in [0.25, 0.3) is 0 Å². The van der Waals surface area contributed by atoms with Gasteiger partial charge in [0.1, 0.15) is 16.8 Å². The molecule has 0 radical (unpaired) electrons. The van der Waals surface area contributed by atoms with Gasteiger partial charge in [-0.1, -0.05) is 18.5 Å². The second-order valence-electron chi connectivity index (χ2n) is 7.22. The summed E-state index contributed by atoms with van der Waals surface area (Å²) in [4.78, 5) is 30.2. The highest BCUT2D eigenvalue weighted by Crippen LogP contribution is 2.35. The molecule has 1 aliphatic heterocycles. The quantitative estimate of drug-likeness (QED) is 0.722. The summed E-state index contributed by atoms with van der Waals surface area (Å²) >= 11 is 6.08. The van der Waals surface area contributed by atoms with Gasteiger partial charge in [0.2, 0.25) is 5.88 Å². The number of ether oxygens (including phenoxy) is 2. The highest BCUT2D eigenvalue weighted by molar-refractivity contribution is 6.30. The molecular weight excluding hydrogens is 370 g/mol. The van der Waals surface area contributed by atoms with Crippen molar-refractivity contribution in [3.8, 4) is 5.88 Å². The summed E-state index contributed by atoms with van der Waals surface area (Å²) in [6.07, 6.45) is -0.387. The topological polar surface area (TPSA) is 68.7 Å². The maximum absolute atomic E-state index is 12.6. The molecule has 1 aromatic heterocycles. The lowest BCUT2D eigenvalue weighted by atomic mass is 9.89. The average Bonchev–Trinajstić information content (AvgIpc) is 2.45. The van der Waals surface area contributed by atoms with Crippen LogP contribution in [0.4, 0.5) is 13.6 Å². The van der Waals surface area contributed by atoms with E-state index in [1.165, 1.54) is 17.0 Å². The molecule has 1 fully saturated rings. The van der Waals surface area contributed by atoms with Crippen LogP contribution in [-0.4, -0.2) is 40.5 Å². The van der Waals surface area contributed by atoms with Gasteiger partial charge >= 0.3 is 12.7 Å². The summed E-state index contributed by atoms with van der Waals surface area (Å²) in [7, 11) is 0. The van der Waals surface area contributed by atoms with Gasteiger partial charge in [-0.25, -0.2) is 9.78 Å². The first-order valence-corrected chi connectivity index (χ1v) is 8.49. The summed E-state index contributed by atoms with van der Waals surface area (Å²) in [6, 6.07) is 1.57. The Balaban J connectivity index is 2.36. The molecule has 0 N–H and O–H groups in total. The minimum absolute atomic E-state index is 0.0422. The van der Waals surface area contributed by atoms with Gasteiger partial charge < -0.3 is 9.47 Å². The lowest BCUT2D eigenvalue weighted by molar-refractivity contribution is -0.128. The lowest BCUT2D eigenvalue weighted by Crippen LogP contribution is -2.48. The third-order valence-electron chi connectivity index (χ3n) is 3.66. The van der Waals surface area contributed by atoms with Crippen molar-refractivity contribution in [2.24, 2.45) is 5.92 Å². The molecule has 1 aromatic rings. The number of hydrogen-bond acceptors (Lipinski definition) is 5. The number of carbonyl (C=O) groups is 2. The SMILES string of the molecule is CC1CC(=O)[C@H](c2ccc(OC(F)F)nc2Cl)N(C(=O)OC(C)(C)C)C1. The Morgan fingerprint density at radius 1 is 1.38 bits per heavy atom. The number of likely N-dealkylation sites (tertiary alicyclic amines) is 1. The number of ketones is 1. The molecule has 9 heteroatoms. The van der Waals surface area contributed by atoms with Crippen LogP contribution in [0.5, 0.6) is 5.88 Å². The molecule has 0 bridgehead atoms. The molecule has 26 heavy (non-hydrogen) atoms. The summed E-state index contributed by atoms with van der Waals surface area (Å²) in [5, 5.41) is -0.176. The molecule has 0 spiro atoms. The summed E-state index contributed by atoms with van der Waals surface area (Å²) in [5.74, 6) is -0.630. The first-order valence-electron chi connectivity index (χ1n) is 8.11. The Hall–Kier alpha value is -1.96. The fourth-order valence-corrected chi connectivity index (χ4v) is 3.02. The first kappa shape index (κ1) is 20.4. The van der Waals surface area contributed by atoms with Crippen LogP contribution in [-0.2, 0) is 9.53 Å². The van der Waals surface area contributed by atoms with Crippen molar-refractivity contribution in [1.82, 2.24) is 9.88 Å². The first-order chi connectivity index (χ1) is 12.0. The molecule has 2 heterocycles.